The van der Waals surface area contributed by atoms with Gasteiger partial charge in [0, 0.05) is 18.7 Å². The van der Waals surface area contributed by atoms with E-state index in [1.165, 1.54) is 25.8 Å². The van der Waals surface area contributed by atoms with E-state index >= 15 is 0 Å². The molecule has 1 aliphatic rings. The van der Waals surface area contributed by atoms with Gasteiger partial charge in [-0.2, -0.15) is 0 Å². The van der Waals surface area contributed by atoms with Crippen molar-refractivity contribution in [2.75, 3.05) is 18.4 Å². The summed E-state index contributed by atoms with van der Waals surface area (Å²) in [4.78, 5) is 0. The lowest BCUT2D eigenvalue weighted by Crippen LogP contribution is -2.23. The summed E-state index contributed by atoms with van der Waals surface area (Å²) in [5, 5.41) is 6.76. The van der Waals surface area contributed by atoms with Gasteiger partial charge in [-0.1, -0.05) is 0 Å². The first-order chi connectivity index (χ1) is 6.84. The third-order valence-corrected chi connectivity index (χ3v) is 2.69. The van der Waals surface area contributed by atoms with E-state index in [2.05, 4.69) is 10.6 Å². The van der Waals surface area contributed by atoms with Crippen molar-refractivity contribution in [3.63, 3.8) is 0 Å². The van der Waals surface area contributed by atoms with E-state index in [4.69, 9.17) is 4.42 Å². The van der Waals surface area contributed by atoms with Gasteiger partial charge in [-0.3, -0.25) is 0 Å². The van der Waals surface area contributed by atoms with E-state index in [0.29, 0.717) is 6.04 Å². The zero-order valence-electron chi connectivity index (χ0n) is 8.68. The summed E-state index contributed by atoms with van der Waals surface area (Å²) in [6.07, 6.45) is 3.82. The molecule has 0 radical (unpaired) electrons. The molecule has 1 saturated heterocycles. The molecule has 2 N–H and O–H groups in total. The Morgan fingerprint density at radius 1 is 1.57 bits per heavy atom. The minimum atomic E-state index is 0.707. The number of furan rings is 1. The zero-order valence-corrected chi connectivity index (χ0v) is 8.68. The molecule has 0 aliphatic carbocycles. The second-order valence-electron chi connectivity index (χ2n) is 3.92. The maximum absolute atomic E-state index is 5.42. The maximum atomic E-state index is 5.42. The third-order valence-electron chi connectivity index (χ3n) is 2.69. The SMILES string of the molecule is Cc1ccc(NCCC2CCCN2)o1. The van der Waals surface area contributed by atoms with E-state index in [1.54, 1.807) is 0 Å². The predicted octanol–water partition coefficient (Wildman–Crippen LogP) is 2.14. The van der Waals surface area contributed by atoms with Crippen LogP contribution < -0.4 is 10.6 Å². The molecule has 0 spiro atoms. The first-order valence-electron chi connectivity index (χ1n) is 5.38. The van der Waals surface area contributed by atoms with Crippen molar-refractivity contribution in [1.29, 1.82) is 0 Å². The molecule has 0 saturated carbocycles. The number of nitrogens with one attached hydrogen (secondary N) is 2. The monoisotopic (exact) mass is 194 g/mol. The zero-order chi connectivity index (χ0) is 9.80. The highest BCUT2D eigenvalue weighted by molar-refractivity contribution is 5.31. The van der Waals surface area contributed by atoms with Gasteiger partial charge in [0.05, 0.1) is 0 Å². The summed E-state index contributed by atoms with van der Waals surface area (Å²) < 4.78 is 5.42. The topological polar surface area (TPSA) is 37.2 Å². The van der Waals surface area contributed by atoms with Crippen LogP contribution in [0, 0.1) is 6.92 Å². The van der Waals surface area contributed by atoms with Gasteiger partial charge < -0.3 is 15.1 Å². The molecule has 2 rings (SSSR count). The van der Waals surface area contributed by atoms with E-state index in [-0.39, 0.29) is 0 Å². The van der Waals surface area contributed by atoms with Crippen LogP contribution in [0.15, 0.2) is 16.5 Å². The summed E-state index contributed by atoms with van der Waals surface area (Å²) in [6.45, 7) is 4.14. The van der Waals surface area contributed by atoms with Crippen LogP contribution in [0.3, 0.4) is 0 Å². The Balaban J connectivity index is 1.67. The van der Waals surface area contributed by atoms with Crippen LogP contribution in [-0.2, 0) is 0 Å². The minimum absolute atomic E-state index is 0.707. The van der Waals surface area contributed by atoms with Crippen molar-refractivity contribution in [1.82, 2.24) is 5.32 Å². The molecule has 0 bridgehead atoms. The van der Waals surface area contributed by atoms with Gasteiger partial charge in [-0.15, -0.1) is 0 Å². The summed E-state index contributed by atoms with van der Waals surface area (Å²) in [5.74, 6) is 1.85. The summed E-state index contributed by atoms with van der Waals surface area (Å²) in [6, 6.07) is 4.67. The Morgan fingerprint density at radius 3 is 3.14 bits per heavy atom. The van der Waals surface area contributed by atoms with Crippen LogP contribution in [0.2, 0.25) is 0 Å². The van der Waals surface area contributed by atoms with Crippen LogP contribution in [-0.4, -0.2) is 19.1 Å². The summed E-state index contributed by atoms with van der Waals surface area (Å²) in [5.41, 5.74) is 0. The number of aryl methyl sites for hydroxylation is 1. The molecule has 1 fully saturated rings. The molecule has 3 nitrogen and oxygen atoms in total. The Bertz CT molecular complexity index is 277. The van der Waals surface area contributed by atoms with E-state index in [1.807, 2.05) is 19.1 Å². The molecular formula is C11H18N2O. The van der Waals surface area contributed by atoms with Gasteiger partial charge in [0.25, 0.3) is 0 Å². The predicted molar refractivity (Wildman–Crippen MR) is 57.6 cm³/mol. The van der Waals surface area contributed by atoms with Gasteiger partial charge >= 0.3 is 0 Å². The molecule has 14 heavy (non-hydrogen) atoms. The molecule has 1 aliphatic heterocycles. The van der Waals surface area contributed by atoms with Crippen molar-refractivity contribution in [2.24, 2.45) is 0 Å². The molecule has 0 aromatic carbocycles. The standard InChI is InChI=1S/C11H18N2O/c1-9-4-5-11(14-9)13-8-6-10-3-2-7-12-10/h4-5,10,12-13H,2-3,6-8H2,1H3. The van der Waals surface area contributed by atoms with E-state index < -0.39 is 0 Å². The lowest BCUT2D eigenvalue weighted by molar-refractivity contribution is 0.534. The fraction of sp³-hybridized carbons (Fsp3) is 0.636. The van der Waals surface area contributed by atoms with Gasteiger partial charge in [-0.05, 0) is 38.8 Å². The largest absolute Gasteiger partial charge is 0.446 e. The fourth-order valence-corrected chi connectivity index (χ4v) is 1.90. The number of anilines is 1. The maximum Gasteiger partial charge on any atom is 0.193 e. The van der Waals surface area contributed by atoms with Crippen molar-refractivity contribution in [3.05, 3.63) is 17.9 Å². The Kier molecular flexibility index (Phi) is 3.09. The van der Waals surface area contributed by atoms with Crippen molar-refractivity contribution >= 4 is 5.88 Å². The van der Waals surface area contributed by atoms with Gasteiger partial charge in [-0.25, -0.2) is 0 Å². The van der Waals surface area contributed by atoms with Crippen LogP contribution in [0.1, 0.15) is 25.0 Å². The first-order valence-corrected chi connectivity index (χ1v) is 5.38. The Morgan fingerprint density at radius 2 is 2.50 bits per heavy atom. The lowest BCUT2D eigenvalue weighted by atomic mass is 10.1. The molecule has 1 atom stereocenters. The molecular weight excluding hydrogens is 176 g/mol. The highest BCUT2D eigenvalue weighted by atomic mass is 16.4. The highest BCUT2D eigenvalue weighted by Gasteiger charge is 2.12. The van der Waals surface area contributed by atoms with Crippen LogP contribution in [0.4, 0.5) is 5.88 Å². The average molecular weight is 194 g/mol. The molecule has 1 aromatic heterocycles. The second-order valence-corrected chi connectivity index (χ2v) is 3.92. The number of hydrogen-bond donors (Lipinski definition) is 2. The molecule has 0 amide bonds. The summed E-state index contributed by atoms with van der Waals surface area (Å²) >= 11 is 0. The Labute approximate surface area is 84.9 Å². The number of hydrogen-bond acceptors (Lipinski definition) is 3. The first kappa shape index (κ1) is 9.59. The van der Waals surface area contributed by atoms with Crippen LogP contribution >= 0.6 is 0 Å². The second kappa shape index (κ2) is 4.51. The van der Waals surface area contributed by atoms with Gasteiger partial charge in [0.1, 0.15) is 5.76 Å². The molecule has 1 unspecified atom stereocenters. The average Bonchev–Trinajstić information content (AvgIpc) is 2.77. The quantitative estimate of drug-likeness (QED) is 0.771. The summed E-state index contributed by atoms with van der Waals surface area (Å²) in [7, 11) is 0. The normalized spacial score (nSPS) is 21.4. The van der Waals surface area contributed by atoms with E-state index in [9.17, 15) is 0 Å². The highest BCUT2D eigenvalue weighted by Crippen LogP contribution is 2.13. The van der Waals surface area contributed by atoms with Gasteiger partial charge in [0.2, 0.25) is 0 Å². The van der Waals surface area contributed by atoms with Crippen molar-refractivity contribution < 1.29 is 4.42 Å². The van der Waals surface area contributed by atoms with Crippen molar-refractivity contribution in [3.8, 4) is 0 Å². The third kappa shape index (κ3) is 2.51. The fourth-order valence-electron chi connectivity index (χ4n) is 1.90. The molecule has 2 heterocycles. The van der Waals surface area contributed by atoms with E-state index in [0.717, 1.165) is 18.2 Å². The Hall–Kier alpha value is -0.960. The number of rotatable bonds is 4. The molecule has 78 valence electrons. The molecule has 3 heteroatoms. The van der Waals surface area contributed by atoms with Crippen LogP contribution in [0.25, 0.3) is 0 Å². The van der Waals surface area contributed by atoms with Crippen molar-refractivity contribution in [2.45, 2.75) is 32.2 Å². The van der Waals surface area contributed by atoms with Crippen LogP contribution in [0.5, 0.6) is 0 Å². The van der Waals surface area contributed by atoms with Gasteiger partial charge in [0.15, 0.2) is 5.88 Å². The minimum Gasteiger partial charge on any atom is -0.446 e. The molecule has 1 aromatic rings. The lowest BCUT2D eigenvalue weighted by Gasteiger charge is -2.09. The smallest absolute Gasteiger partial charge is 0.193 e.